The lowest BCUT2D eigenvalue weighted by molar-refractivity contribution is 0.0817. The van der Waals surface area contributed by atoms with Crippen LogP contribution in [0, 0.1) is 0 Å². The molecule has 0 saturated heterocycles. The molecular formula is C30H21NO4. The van der Waals surface area contributed by atoms with E-state index in [-0.39, 0.29) is 11.1 Å². The highest BCUT2D eigenvalue weighted by Crippen LogP contribution is 2.31. The molecule has 1 heterocycles. The fourth-order valence-corrected chi connectivity index (χ4v) is 4.43. The molecule has 0 atom stereocenters. The standard InChI is InChI=1S/C30H21NO4/c1-2-31-25-15-13-21(29(34)27(32)19-9-5-3-6-10-19)17-23(25)24-18-22(14-16-26(24)31)30(35)28(33)20-11-7-4-8-12-20/h3-18H,2H2,1H3. The third kappa shape index (κ3) is 3.87. The predicted octanol–water partition coefficient (Wildman–Crippen LogP) is 5.95. The van der Waals surface area contributed by atoms with Gasteiger partial charge in [0.25, 0.3) is 0 Å². The molecule has 0 fully saturated rings. The molecule has 0 bridgehead atoms. The van der Waals surface area contributed by atoms with Crippen LogP contribution in [0.25, 0.3) is 21.8 Å². The first kappa shape index (κ1) is 22.2. The Kier molecular flexibility index (Phi) is 5.67. The molecule has 0 unspecified atom stereocenters. The summed E-state index contributed by atoms with van der Waals surface area (Å²) < 4.78 is 2.07. The van der Waals surface area contributed by atoms with Gasteiger partial charge in [0.15, 0.2) is 0 Å². The van der Waals surface area contributed by atoms with Crippen molar-refractivity contribution in [2.45, 2.75) is 13.5 Å². The SMILES string of the molecule is CCn1c2ccc(C(=O)C(=O)c3ccccc3)cc2c2cc(C(=O)C(=O)c3ccccc3)ccc21. The van der Waals surface area contributed by atoms with Crippen LogP contribution in [0.2, 0.25) is 0 Å². The van der Waals surface area contributed by atoms with Crippen LogP contribution < -0.4 is 0 Å². The lowest BCUT2D eigenvalue weighted by atomic mass is 9.98. The Morgan fingerprint density at radius 2 is 0.886 bits per heavy atom. The topological polar surface area (TPSA) is 73.2 Å². The van der Waals surface area contributed by atoms with E-state index in [0.717, 1.165) is 21.8 Å². The quantitative estimate of drug-likeness (QED) is 0.223. The molecule has 0 aliphatic carbocycles. The second kappa shape index (κ2) is 8.95. The maximum Gasteiger partial charge on any atom is 0.233 e. The summed E-state index contributed by atoms with van der Waals surface area (Å²) in [4.78, 5) is 51.4. The van der Waals surface area contributed by atoms with E-state index >= 15 is 0 Å². The average Bonchev–Trinajstić information content (AvgIpc) is 3.24. The summed E-state index contributed by atoms with van der Waals surface area (Å²) in [5.74, 6) is -2.34. The molecule has 0 radical (unpaired) electrons. The lowest BCUT2D eigenvalue weighted by Gasteiger charge is -2.04. The van der Waals surface area contributed by atoms with Crippen molar-refractivity contribution in [3.8, 4) is 0 Å². The largest absolute Gasteiger partial charge is 0.341 e. The Hall–Kier alpha value is -4.64. The second-order valence-electron chi connectivity index (χ2n) is 8.26. The molecular weight excluding hydrogens is 438 g/mol. The van der Waals surface area contributed by atoms with Crippen molar-refractivity contribution >= 4 is 44.9 Å². The van der Waals surface area contributed by atoms with Gasteiger partial charge < -0.3 is 4.57 Å². The van der Waals surface area contributed by atoms with Crippen molar-refractivity contribution in [1.29, 1.82) is 0 Å². The Bertz CT molecular complexity index is 1510. The van der Waals surface area contributed by atoms with Gasteiger partial charge in [0.2, 0.25) is 23.1 Å². The summed E-state index contributed by atoms with van der Waals surface area (Å²) in [6.45, 7) is 2.68. The van der Waals surface area contributed by atoms with Crippen LogP contribution in [0.4, 0.5) is 0 Å². The number of carbonyl (C=O) groups is 4. The number of carbonyl (C=O) groups excluding carboxylic acids is 4. The normalized spacial score (nSPS) is 11.0. The number of ketones is 4. The van der Waals surface area contributed by atoms with Gasteiger partial charge in [-0.15, -0.1) is 0 Å². The Balaban J connectivity index is 1.60. The zero-order valence-corrected chi connectivity index (χ0v) is 19.0. The van der Waals surface area contributed by atoms with Crippen molar-refractivity contribution < 1.29 is 19.2 Å². The summed E-state index contributed by atoms with van der Waals surface area (Å²) in [6, 6.07) is 27.2. The predicted molar refractivity (Wildman–Crippen MR) is 135 cm³/mol. The highest BCUT2D eigenvalue weighted by molar-refractivity contribution is 6.50. The van der Waals surface area contributed by atoms with E-state index in [1.54, 1.807) is 84.9 Å². The number of hydrogen-bond donors (Lipinski definition) is 0. The number of hydrogen-bond acceptors (Lipinski definition) is 4. The van der Waals surface area contributed by atoms with Crippen LogP contribution in [0.5, 0.6) is 0 Å². The fourth-order valence-electron chi connectivity index (χ4n) is 4.43. The van der Waals surface area contributed by atoms with E-state index in [1.165, 1.54) is 0 Å². The summed E-state index contributed by atoms with van der Waals surface area (Å²) >= 11 is 0. The third-order valence-electron chi connectivity index (χ3n) is 6.19. The van der Waals surface area contributed by atoms with Gasteiger partial charge in [-0.1, -0.05) is 60.7 Å². The van der Waals surface area contributed by atoms with Gasteiger partial charge in [-0.3, -0.25) is 19.2 Å². The van der Waals surface area contributed by atoms with Crippen molar-refractivity contribution in [3.05, 3.63) is 119 Å². The van der Waals surface area contributed by atoms with E-state index in [9.17, 15) is 19.2 Å². The molecule has 0 aliphatic heterocycles. The van der Waals surface area contributed by atoms with E-state index < -0.39 is 23.1 Å². The van der Waals surface area contributed by atoms with Crippen molar-refractivity contribution in [2.24, 2.45) is 0 Å². The van der Waals surface area contributed by atoms with Crippen LogP contribution in [0.15, 0.2) is 97.1 Å². The van der Waals surface area contributed by atoms with Gasteiger partial charge in [0.1, 0.15) is 0 Å². The Labute approximate surface area is 201 Å². The molecule has 170 valence electrons. The summed E-state index contributed by atoms with van der Waals surface area (Å²) in [6.07, 6.45) is 0. The molecule has 0 aliphatic rings. The van der Waals surface area contributed by atoms with E-state index in [4.69, 9.17) is 0 Å². The van der Waals surface area contributed by atoms with E-state index in [1.807, 2.05) is 19.1 Å². The zero-order valence-electron chi connectivity index (χ0n) is 19.0. The van der Waals surface area contributed by atoms with E-state index in [0.29, 0.717) is 17.7 Å². The summed E-state index contributed by atoms with van der Waals surface area (Å²) in [5.41, 5.74) is 2.98. The average molecular weight is 460 g/mol. The van der Waals surface area contributed by atoms with Crippen LogP contribution in [0.1, 0.15) is 48.4 Å². The molecule has 5 rings (SSSR count). The molecule has 5 aromatic rings. The minimum absolute atomic E-state index is 0.276. The van der Waals surface area contributed by atoms with Crippen LogP contribution in [-0.4, -0.2) is 27.7 Å². The van der Waals surface area contributed by atoms with E-state index in [2.05, 4.69) is 4.57 Å². The number of benzene rings is 4. The molecule has 0 spiro atoms. The van der Waals surface area contributed by atoms with Gasteiger partial charge in [-0.2, -0.15) is 0 Å². The summed E-state index contributed by atoms with van der Waals surface area (Å²) in [7, 11) is 0. The van der Waals surface area contributed by atoms with Crippen LogP contribution in [0.3, 0.4) is 0 Å². The number of Topliss-reactive ketones (excluding diaryl/α,β-unsaturated/α-hetero) is 4. The van der Waals surface area contributed by atoms with Crippen molar-refractivity contribution in [3.63, 3.8) is 0 Å². The molecule has 35 heavy (non-hydrogen) atoms. The molecule has 5 nitrogen and oxygen atoms in total. The van der Waals surface area contributed by atoms with Crippen molar-refractivity contribution in [2.75, 3.05) is 0 Å². The fraction of sp³-hybridized carbons (Fsp3) is 0.0667. The summed E-state index contributed by atoms with van der Waals surface area (Å²) in [5, 5.41) is 1.49. The monoisotopic (exact) mass is 459 g/mol. The molecule has 0 saturated carbocycles. The first-order valence-corrected chi connectivity index (χ1v) is 11.3. The first-order chi connectivity index (χ1) is 17.0. The first-order valence-electron chi connectivity index (χ1n) is 11.3. The maximum atomic E-state index is 13.0. The zero-order chi connectivity index (χ0) is 24.5. The smallest absolute Gasteiger partial charge is 0.233 e. The van der Waals surface area contributed by atoms with Gasteiger partial charge in [-0.25, -0.2) is 0 Å². The van der Waals surface area contributed by atoms with Crippen molar-refractivity contribution in [1.82, 2.24) is 4.57 Å². The second-order valence-corrected chi connectivity index (χ2v) is 8.26. The van der Waals surface area contributed by atoms with Gasteiger partial charge in [0.05, 0.1) is 0 Å². The third-order valence-corrected chi connectivity index (χ3v) is 6.19. The minimum Gasteiger partial charge on any atom is -0.341 e. The van der Waals surface area contributed by atoms with Gasteiger partial charge >= 0.3 is 0 Å². The molecule has 4 aromatic carbocycles. The van der Waals surface area contributed by atoms with Gasteiger partial charge in [0, 0.05) is 50.6 Å². The number of nitrogens with zero attached hydrogens (tertiary/aromatic N) is 1. The molecule has 0 amide bonds. The highest BCUT2D eigenvalue weighted by atomic mass is 16.2. The number of rotatable bonds is 7. The number of fused-ring (bicyclic) bond motifs is 3. The highest BCUT2D eigenvalue weighted by Gasteiger charge is 2.22. The molecule has 0 N–H and O–H groups in total. The maximum absolute atomic E-state index is 13.0. The number of aromatic nitrogens is 1. The number of aryl methyl sites for hydroxylation is 1. The molecule has 5 heteroatoms. The Morgan fingerprint density at radius 1 is 0.514 bits per heavy atom. The Morgan fingerprint density at radius 3 is 1.26 bits per heavy atom. The molecule has 1 aromatic heterocycles. The van der Waals surface area contributed by atoms with Crippen LogP contribution >= 0.6 is 0 Å². The van der Waals surface area contributed by atoms with Crippen LogP contribution in [-0.2, 0) is 6.54 Å². The minimum atomic E-state index is -0.595. The van der Waals surface area contributed by atoms with Gasteiger partial charge in [-0.05, 0) is 43.3 Å². The lowest BCUT2D eigenvalue weighted by Crippen LogP contribution is -2.14.